The second kappa shape index (κ2) is 7.49. The molecule has 0 radical (unpaired) electrons. The quantitative estimate of drug-likeness (QED) is 0.656. The zero-order valence-corrected chi connectivity index (χ0v) is 11.8. The molecule has 1 atom stereocenters. The van der Waals surface area contributed by atoms with Crippen molar-refractivity contribution in [3.05, 3.63) is 23.8 Å². The van der Waals surface area contributed by atoms with Gasteiger partial charge in [-0.25, -0.2) is 0 Å². The molecule has 6 heteroatoms. The van der Waals surface area contributed by atoms with Gasteiger partial charge in [0.25, 0.3) is 0 Å². The van der Waals surface area contributed by atoms with Crippen molar-refractivity contribution in [1.29, 1.82) is 0 Å². The number of rotatable bonds is 8. The number of carbonyl (C=O) groups excluding carboxylic acids is 2. The summed E-state index contributed by atoms with van der Waals surface area (Å²) in [4.78, 5) is 23.2. The van der Waals surface area contributed by atoms with Gasteiger partial charge in [-0.05, 0) is 24.1 Å². The fraction of sp³-hybridized carbons (Fsp3) is 0.429. The Labute approximate surface area is 118 Å². The molecule has 6 nitrogen and oxygen atoms in total. The van der Waals surface area contributed by atoms with Gasteiger partial charge in [0.05, 0.1) is 11.7 Å². The third-order valence-electron chi connectivity index (χ3n) is 2.77. The molecule has 0 bridgehead atoms. The van der Waals surface area contributed by atoms with Gasteiger partial charge in [0.2, 0.25) is 5.91 Å². The van der Waals surface area contributed by atoms with E-state index >= 15 is 0 Å². The lowest BCUT2D eigenvalue weighted by molar-refractivity contribution is -0.118. The lowest BCUT2D eigenvalue weighted by atomic mass is 10.1. The summed E-state index contributed by atoms with van der Waals surface area (Å²) >= 11 is 0. The van der Waals surface area contributed by atoms with Crippen molar-refractivity contribution in [2.75, 3.05) is 25.6 Å². The third-order valence-corrected chi connectivity index (χ3v) is 2.77. The smallest absolute Gasteiger partial charge is 0.217 e. The molecule has 0 saturated carbocycles. The molecule has 0 fully saturated rings. The van der Waals surface area contributed by atoms with Gasteiger partial charge in [0, 0.05) is 20.5 Å². The highest BCUT2D eigenvalue weighted by Gasteiger charge is 2.10. The molecule has 1 aromatic rings. The zero-order valence-electron chi connectivity index (χ0n) is 11.8. The Bertz CT molecular complexity index is 475. The SMILES string of the molecule is CN(C)c1cc(CCC(N)=O)ccc1OC[C@H](N)C=O. The normalized spacial score (nSPS) is 11.8. The predicted molar refractivity (Wildman–Crippen MR) is 77.8 cm³/mol. The summed E-state index contributed by atoms with van der Waals surface area (Å²) in [6, 6.07) is 4.98. The van der Waals surface area contributed by atoms with Gasteiger partial charge in [0.15, 0.2) is 0 Å². The number of hydrogen-bond acceptors (Lipinski definition) is 5. The zero-order chi connectivity index (χ0) is 15.1. The van der Waals surface area contributed by atoms with E-state index in [0.29, 0.717) is 24.9 Å². The number of benzene rings is 1. The van der Waals surface area contributed by atoms with Gasteiger partial charge in [-0.1, -0.05) is 6.07 Å². The number of aldehydes is 1. The van der Waals surface area contributed by atoms with Crippen molar-refractivity contribution in [3.63, 3.8) is 0 Å². The summed E-state index contributed by atoms with van der Waals surface area (Å²) in [6.45, 7) is 0.130. The second-order valence-electron chi connectivity index (χ2n) is 4.77. The van der Waals surface area contributed by atoms with Crippen LogP contribution in [-0.2, 0) is 16.0 Å². The van der Waals surface area contributed by atoms with E-state index in [1.807, 2.05) is 37.2 Å². The molecule has 0 aliphatic carbocycles. The number of carbonyl (C=O) groups is 2. The molecule has 1 aromatic carbocycles. The summed E-state index contributed by atoms with van der Waals surface area (Å²) in [7, 11) is 3.78. The van der Waals surface area contributed by atoms with Crippen LogP contribution >= 0.6 is 0 Å². The fourth-order valence-electron chi connectivity index (χ4n) is 1.68. The maximum atomic E-state index is 10.8. The van der Waals surface area contributed by atoms with Crippen molar-refractivity contribution >= 4 is 17.9 Å². The highest BCUT2D eigenvalue weighted by molar-refractivity contribution is 5.74. The summed E-state index contributed by atoms with van der Waals surface area (Å²) in [5.74, 6) is 0.323. The highest BCUT2D eigenvalue weighted by Crippen LogP contribution is 2.28. The molecule has 0 aliphatic rings. The van der Waals surface area contributed by atoms with Gasteiger partial charge >= 0.3 is 0 Å². The lowest BCUT2D eigenvalue weighted by Gasteiger charge is -2.19. The number of amides is 1. The summed E-state index contributed by atoms with van der Waals surface area (Å²) < 4.78 is 5.54. The minimum absolute atomic E-state index is 0.130. The summed E-state index contributed by atoms with van der Waals surface area (Å²) in [5.41, 5.74) is 12.5. The number of hydrogen-bond donors (Lipinski definition) is 2. The van der Waals surface area contributed by atoms with Crippen LogP contribution in [0.15, 0.2) is 18.2 Å². The molecule has 0 aromatic heterocycles. The first kappa shape index (κ1) is 16.0. The van der Waals surface area contributed by atoms with E-state index in [1.165, 1.54) is 0 Å². The molecule has 20 heavy (non-hydrogen) atoms. The van der Waals surface area contributed by atoms with Gasteiger partial charge < -0.3 is 25.9 Å². The van der Waals surface area contributed by atoms with Crippen LogP contribution in [0.3, 0.4) is 0 Å². The maximum absolute atomic E-state index is 10.8. The standard InChI is InChI=1S/C14H21N3O3/c1-17(2)12-7-10(4-6-14(16)19)3-5-13(12)20-9-11(15)8-18/h3,5,7-8,11H,4,6,9,15H2,1-2H3,(H2,16,19)/t11-/m1/s1. The van der Waals surface area contributed by atoms with Gasteiger partial charge in [-0.15, -0.1) is 0 Å². The van der Waals surface area contributed by atoms with Gasteiger partial charge in [0.1, 0.15) is 18.6 Å². The Hall–Kier alpha value is -2.08. The van der Waals surface area contributed by atoms with Crippen molar-refractivity contribution in [3.8, 4) is 5.75 Å². The second-order valence-corrected chi connectivity index (χ2v) is 4.77. The van der Waals surface area contributed by atoms with Crippen LogP contribution in [0.4, 0.5) is 5.69 Å². The average molecular weight is 279 g/mol. The first-order chi connectivity index (χ1) is 9.43. The van der Waals surface area contributed by atoms with Gasteiger partial charge in [-0.2, -0.15) is 0 Å². The number of nitrogens with zero attached hydrogens (tertiary/aromatic N) is 1. The lowest BCUT2D eigenvalue weighted by Crippen LogP contribution is -2.29. The molecule has 0 spiro atoms. The van der Waals surface area contributed by atoms with E-state index in [2.05, 4.69) is 0 Å². The van der Waals surface area contributed by atoms with E-state index < -0.39 is 6.04 Å². The average Bonchev–Trinajstić information content (AvgIpc) is 2.42. The number of nitrogens with two attached hydrogens (primary N) is 2. The Balaban J connectivity index is 2.84. The van der Waals surface area contributed by atoms with Crippen molar-refractivity contribution in [1.82, 2.24) is 0 Å². The molecule has 0 unspecified atom stereocenters. The minimum Gasteiger partial charge on any atom is -0.489 e. The molecule has 0 heterocycles. The third kappa shape index (κ3) is 4.89. The maximum Gasteiger partial charge on any atom is 0.217 e. The Morgan fingerprint density at radius 3 is 2.70 bits per heavy atom. The van der Waals surface area contributed by atoms with E-state index in [9.17, 15) is 9.59 Å². The molecule has 0 aliphatic heterocycles. The Morgan fingerprint density at radius 2 is 2.15 bits per heavy atom. The first-order valence-corrected chi connectivity index (χ1v) is 6.36. The van der Waals surface area contributed by atoms with Gasteiger partial charge in [-0.3, -0.25) is 4.79 Å². The molecule has 1 amide bonds. The molecule has 1 rings (SSSR count). The molecular formula is C14H21N3O3. The number of anilines is 1. The molecule has 110 valence electrons. The monoisotopic (exact) mass is 279 g/mol. The number of primary amides is 1. The first-order valence-electron chi connectivity index (χ1n) is 6.36. The predicted octanol–water partition coefficient (Wildman–Crippen LogP) is 0.0755. The number of aryl methyl sites for hydroxylation is 1. The molecule has 4 N–H and O–H groups in total. The van der Waals surface area contributed by atoms with Crippen LogP contribution in [0.5, 0.6) is 5.75 Å². The van der Waals surface area contributed by atoms with Crippen LogP contribution in [0, 0.1) is 0 Å². The summed E-state index contributed by atoms with van der Waals surface area (Å²) in [6.07, 6.45) is 1.55. The van der Waals surface area contributed by atoms with E-state index in [4.69, 9.17) is 16.2 Å². The van der Waals surface area contributed by atoms with Crippen molar-refractivity contribution in [2.45, 2.75) is 18.9 Å². The van der Waals surface area contributed by atoms with E-state index in [0.717, 1.165) is 11.3 Å². The molecule has 0 saturated heterocycles. The van der Waals surface area contributed by atoms with Crippen molar-refractivity contribution < 1.29 is 14.3 Å². The fourth-order valence-corrected chi connectivity index (χ4v) is 1.68. The number of ether oxygens (including phenoxy) is 1. The van der Waals surface area contributed by atoms with Crippen molar-refractivity contribution in [2.24, 2.45) is 11.5 Å². The largest absolute Gasteiger partial charge is 0.489 e. The highest BCUT2D eigenvalue weighted by atomic mass is 16.5. The van der Waals surface area contributed by atoms with Crippen LogP contribution in [0.25, 0.3) is 0 Å². The Morgan fingerprint density at radius 1 is 1.45 bits per heavy atom. The van der Waals surface area contributed by atoms with E-state index in [1.54, 1.807) is 0 Å². The minimum atomic E-state index is -0.639. The van der Waals surface area contributed by atoms with Crippen LogP contribution in [0.1, 0.15) is 12.0 Å². The summed E-state index contributed by atoms with van der Waals surface area (Å²) in [5, 5.41) is 0. The topological polar surface area (TPSA) is 98.7 Å². The Kier molecular flexibility index (Phi) is 5.99. The van der Waals surface area contributed by atoms with E-state index in [-0.39, 0.29) is 12.5 Å². The van der Waals surface area contributed by atoms with Crippen LogP contribution in [-0.4, -0.2) is 38.9 Å². The van der Waals surface area contributed by atoms with Crippen LogP contribution in [0.2, 0.25) is 0 Å². The molecular weight excluding hydrogens is 258 g/mol. The van der Waals surface area contributed by atoms with Crippen LogP contribution < -0.4 is 21.1 Å².